The number of amides is 2. The molecular weight excluding hydrogens is 336 g/mol. The lowest BCUT2D eigenvalue weighted by Gasteiger charge is -2.08. The molecule has 0 fully saturated rings. The van der Waals surface area contributed by atoms with E-state index in [-0.39, 0.29) is 24.8 Å². The lowest BCUT2D eigenvalue weighted by Crippen LogP contribution is -2.33. The molecule has 0 aliphatic heterocycles. The highest BCUT2D eigenvalue weighted by Crippen LogP contribution is 2.20. The van der Waals surface area contributed by atoms with Crippen LogP contribution < -0.4 is 10.6 Å². The molecule has 21 heavy (non-hydrogen) atoms. The highest BCUT2D eigenvalue weighted by atomic mass is 79.9. The van der Waals surface area contributed by atoms with Crippen LogP contribution in [0.5, 0.6) is 0 Å². The Morgan fingerprint density at radius 2 is 1.90 bits per heavy atom. The Morgan fingerprint density at radius 1 is 1.10 bits per heavy atom. The van der Waals surface area contributed by atoms with E-state index in [4.69, 9.17) is 4.42 Å². The highest BCUT2D eigenvalue weighted by Gasteiger charge is 2.08. The number of rotatable bonds is 6. The highest BCUT2D eigenvalue weighted by molar-refractivity contribution is 9.10. The van der Waals surface area contributed by atoms with Gasteiger partial charge in [-0.2, -0.15) is 0 Å². The first-order valence-corrected chi connectivity index (χ1v) is 7.28. The van der Waals surface area contributed by atoms with Gasteiger partial charge in [0, 0.05) is 17.3 Å². The van der Waals surface area contributed by atoms with Gasteiger partial charge in [0.2, 0.25) is 11.8 Å². The average Bonchev–Trinajstić information content (AvgIpc) is 2.99. The van der Waals surface area contributed by atoms with E-state index in [1.807, 2.05) is 24.3 Å². The zero-order chi connectivity index (χ0) is 15.1. The first kappa shape index (κ1) is 15.3. The van der Waals surface area contributed by atoms with Crippen LogP contribution in [0.15, 0.2) is 51.6 Å². The van der Waals surface area contributed by atoms with Gasteiger partial charge >= 0.3 is 0 Å². The smallest absolute Gasteiger partial charge is 0.243 e. The van der Waals surface area contributed by atoms with Crippen molar-refractivity contribution in [2.45, 2.75) is 12.8 Å². The first-order chi connectivity index (χ1) is 10.1. The fourth-order valence-electron chi connectivity index (χ4n) is 1.72. The van der Waals surface area contributed by atoms with Gasteiger partial charge < -0.3 is 15.1 Å². The Morgan fingerprint density at radius 3 is 2.62 bits per heavy atom. The molecule has 0 bridgehead atoms. The van der Waals surface area contributed by atoms with Gasteiger partial charge in [0.25, 0.3) is 0 Å². The summed E-state index contributed by atoms with van der Waals surface area (Å²) in [7, 11) is 0. The molecule has 2 amide bonds. The third kappa shape index (κ3) is 5.07. The molecule has 5 nitrogen and oxygen atoms in total. The number of hydrogen-bond donors (Lipinski definition) is 2. The van der Waals surface area contributed by atoms with Crippen molar-refractivity contribution in [1.82, 2.24) is 5.32 Å². The van der Waals surface area contributed by atoms with Crippen molar-refractivity contribution in [2.75, 3.05) is 11.9 Å². The molecule has 0 radical (unpaired) electrons. The average molecular weight is 351 g/mol. The molecule has 6 heteroatoms. The lowest BCUT2D eigenvalue weighted by atomic mass is 10.2. The van der Waals surface area contributed by atoms with Gasteiger partial charge in [-0.3, -0.25) is 9.59 Å². The Bertz CT molecular complexity index is 611. The largest absolute Gasteiger partial charge is 0.469 e. The summed E-state index contributed by atoms with van der Waals surface area (Å²) in [6.07, 6.45) is 2.37. The summed E-state index contributed by atoms with van der Waals surface area (Å²) in [6, 6.07) is 10.9. The van der Waals surface area contributed by atoms with Crippen LogP contribution in [0.4, 0.5) is 5.69 Å². The number of halogens is 1. The molecule has 1 aromatic heterocycles. The van der Waals surface area contributed by atoms with Crippen molar-refractivity contribution in [2.24, 2.45) is 0 Å². The van der Waals surface area contributed by atoms with Crippen molar-refractivity contribution < 1.29 is 14.0 Å². The van der Waals surface area contributed by atoms with Crippen LogP contribution in [0, 0.1) is 0 Å². The van der Waals surface area contributed by atoms with Crippen molar-refractivity contribution in [3.05, 3.63) is 52.9 Å². The van der Waals surface area contributed by atoms with E-state index in [1.54, 1.807) is 18.4 Å². The van der Waals surface area contributed by atoms with E-state index >= 15 is 0 Å². The number of aryl methyl sites for hydroxylation is 1. The Hall–Kier alpha value is -2.08. The molecule has 1 aromatic carbocycles. The standard InChI is InChI=1S/C15H15BrN2O3/c16-12-5-1-2-6-13(12)18-15(20)10-17-14(19)8-7-11-4-3-9-21-11/h1-6,9H,7-8,10H2,(H,17,19)(H,18,20). The Balaban J connectivity index is 1.71. The van der Waals surface area contributed by atoms with Crippen LogP contribution in [0.2, 0.25) is 0 Å². The number of para-hydroxylation sites is 1. The first-order valence-electron chi connectivity index (χ1n) is 6.48. The molecule has 2 rings (SSSR count). The van der Waals surface area contributed by atoms with E-state index in [1.165, 1.54) is 0 Å². The maximum Gasteiger partial charge on any atom is 0.243 e. The summed E-state index contributed by atoms with van der Waals surface area (Å²) in [5, 5.41) is 5.29. The zero-order valence-corrected chi connectivity index (χ0v) is 12.9. The summed E-state index contributed by atoms with van der Waals surface area (Å²) < 4.78 is 5.93. The van der Waals surface area contributed by atoms with Crippen LogP contribution in [0.3, 0.4) is 0 Å². The predicted octanol–water partition coefficient (Wildman–Crippen LogP) is 2.73. The van der Waals surface area contributed by atoms with Crippen molar-refractivity contribution in [3.63, 3.8) is 0 Å². The minimum absolute atomic E-state index is 0.0572. The van der Waals surface area contributed by atoms with E-state index in [2.05, 4.69) is 26.6 Å². The topological polar surface area (TPSA) is 71.3 Å². The van der Waals surface area contributed by atoms with Gasteiger partial charge in [0.1, 0.15) is 5.76 Å². The molecule has 110 valence electrons. The molecule has 2 N–H and O–H groups in total. The van der Waals surface area contributed by atoms with Crippen molar-refractivity contribution in [1.29, 1.82) is 0 Å². The Kier molecular flexibility index (Phi) is 5.57. The molecule has 2 aromatic rings. The molecule has 0 saturated heterocycles. The molecule has 0 unspecified atom stereocenters. The van der Waals surface area contributed by atoms with Crippen LogP contribution >= 0.6 is 15.9 Å². The van der Waals surface area contributed by atoms with E-state index in [0.717, 1.165) is 10.2 Å². The van der Waals surface area contributed by atoms with E-state index < -0.39 is 0 Å². The second-order valence-electron chi connectivity index (χ2n) is 4.38. The number of nitrogens with one attached hydrogen (secondary N) is 2. The zero-order valence-electron chi connectivity index (χ0n) is 11.3. The summed E-state index contributed by atoms with van der Waals surface area (Å²) in [4.78, 5) is 23.4. The SMILES string of the molecule is O=C(CCc1ccco1)NCC(=O)Nc1ccccc1Br. The van der Waals surface area contributed by atoms with Crippen LogP contribution in [-0.4, -0.2) is 18.4 Å². The van der Waals surface area contributed by atoms with E-state index in [0.29, 0.717) is 12.1 Å². The quantitative estimate of drug-likeness (QED) is 0.841. The third-order valence-corrected chi connectivity index (χ3v) is 3.46. The van der Waals surface area contributed by atoms with Gasteiger partial charge in [0.15, 0.2) is 0 Å². The molecule has 0 saturated carbocycles. The number of furan rings is 1. The maximum absolute atomic E-state index is 11.7. The lowest BCUT2D eigenvalue weighted by molar-refractivity contribution is -0.124. The molecule has 0 aliphatic carbocycles. The van der Waals surface area contributed by atoms with Crippen molar-refractivity contribution in [3.8, 4) is 0 Å². The monoisotopic (exact) mass is 350 g/mol. The van der Waals surface area contributed by atoms with Crippen molar-refractivity contribution >= 4 is 33.4 Å². The van der Waals surface area contributed by atoms with Gasteiger partial charge in [0.05, 0.1) is 18.5 Å². The van der Waals surface area contributed by atoms with Crippen LogP contribution in [-0.2, 0) is 16.0 Å². The summed E-state index contributed by atoms with van der Waals surface area (Å²) in [5.41, 5.74) is 0.673. The summed E-state index contributed by atoms with van der Waals surface area (Å²) >= 11 is 3.34. The van der Waals surface area contributed by atoms with Crippen LogP contribution in [0.25, 0.3) is 0 Å². The number of carbonyl (C=O) groups is 2. The Labute approximate surface area is 130 Å². The van der Waals surface area contributed by atoms with Gasteiger partial charge in [-0.05, 0) is 40.2 Å². The maximum atomic E-state index is 11.7. The molecule has 1 heterocycles. The second-order valence-corrected chi connectivity index (χ2v) is 5.24. The summed E-state index contributed by atoms with van der Waals surface area (Å²) in [5.74, 6) is 0.296. The predicted molar refractivity (Wildman–Crippen MR) is 82.8 cm³/mol. The van der Waals surface area contributed by atoms with Gasteiger partial charge in [-0.1, -0.05) is 12.1 Å². The minimum atomic E-state index is -0.270. The van der Waals surface area contributed by atoms with E-state index in [9.17, 15) is 9.59 Å². The molecule has 0 spiro atoms. The third-order valence-electron chi connectivity index (χ3n) is 2.77. The minimum Gasteiger partial charge on any atom is -0.469 e. The number of anilines is 1. The summed E-state index contributed by atoms with van der Waals surface area (Å²) in [6.45, 7) is -0.0572. The number of hydrogen-bond acceptors (Lipinski definition) is 3. The second kappa shape index (κ2) is 7.64. The molecule has 0 aliphatic rings. The number of benzene rings is 1. The molecule has 0 atom stereocenters. The number of carbonyl (C=O) groups excluding carboxylic acids is 2. The van der Waals surface area contributed by atoms with Gasteiger partial charge in [-0.15, -0.1) is 0 Å². The fraction of sp³-hybridized carbons (Fsp3) is 0.200. The fourth-order valence-corrected chi connectivity index (χ4v) is 2.10. The van der Waals surface area contributed by atoms with Gasteiger partial charge in [-0.25, -0.2) is 0 Å². The normalized spacial score (nSPS) is 10.1. The molecular formula is C15H15BrN2O3. The van der Waals surface area contributed by atoms with Crippen LogP contribution in [0.1, 0.15) is 12.2 Å².